The van der Waals surface area contributed by atoms with Crippen LogP contribution in [0.1, 0.15) is 45.2 Å². The first kappa shape index (κ1) is 26.9. The first-order chi connectivity index (χ1) is 15.2. The topological polar surface area (TPSA) is 110 Å². The van der Waals surface area contributed by atoms with Crippen molar-refractivity contribution in [1.82, 2.24) is 4.72 Å². The predicted octanol–water partition coefficient (Wildman–Crippen LogP) is 4.91. The van der Waals surface area contributed by atoms with Crippen molar-refractivity contribution < 1.29 is 27.9 Å². The highest BCUT2D eigenvalue weighted by Crippen LogP contribution is 2.33. The van der Waals surface area contributed by atoms with Gasteiger partial charge >= 0.3 is 11.9 Å². The first-order valence-electron chi connectivity index (χ1n) is 9.96. The fourth-order valence-electron chi connectivity index (χ4n) is 3.11. The van der Waals surface area contributed by atoms with Crippen molar-refractivity contribution in [3.8, 4) is 0 Å². The number of carbonyl (C=O) groups excluding carboxylic acids is 1. The Kier molecular flexibility index (Phi) is 8.70. The van der Waals surface area contributed by atoms with Gasteiger partial charge < -0.3 is 9.84 Å². The van der Waals surface area contributed by atoms with E-state index in [2.05, 4.69) is 4.72 Å². The van der Waals surface area contributed by atoms with Crippen molar-refractivity contribution in [2.24, 2.45) is 0 Å². The number of esters is 1. The van der Waals surface area contributed by atoms with Crippen molar-refractivity contribution in [2.45, 2.75) is 44.6 Å². The lowest BCUT2D eigenvalue weighted by molar-refractivity contribution is -0.142. The predicted molar refractivity (Wildman–Crippen MR) is 128 cm³/mol. The number of nitrogens with one attached hydrogen (secondary N) is 1. The molecule has 0 unspecified atom stereocenters. The zero-order valence-electron chi connectivity index (χ0n) is 18.6. The van der Waals surface area contributed by atoms with Crippen molar-refractivity contribution in [1.29, 1.82) is 0 Å². The lowest BCUT2D eigenvalue weighted by atomic mass is 9.91. The molecule has 0 heterocycles. The average Bonchev–Trinajstić information content (AvgIpc) is 2.65. The van der Waals surface area contributed by atoms with E-state index in [1.54, 1.807) is 27.7 Å². The summed E-state index contributed by atoms with van der Waals surface area (Å²) in [6.45, 7) is 6.82. The van der Waals surface area contributed by atoms with Gasteiger partial charge in [0, 0.05) is 21.2 Å². The summed E-state index contributed by atoms with van der Waals surface area (Å²) in [6, 6.07) is 10.3. The molecule has 7 nitrogen and oxygen atoms in total. The van der Waals surface area contributed by atoms with Crippen molar-refractivity contribution in [2.75, 3.05) is 6.61 Å². The third-order valence-corrected chi connectivity index (χ3v) is 6.41. The van der Waals surface area contributed by atoms with Gasteiger partial charge in [-0.1, -0.05) is 35.3 Å². The van der Waals surface area contributed by atoms with Crippen LogP contribution in [-0.4, -0.2) is 37.6 Å². The standard InChI is InChI=1S/C23H25Cl2NO6S/c1-5-32-22(29)19(13-20(27)28)21(15-10-16(24)12-17(25)11-15)14-6-8-18(9-7-14)33(30,31)26-23(2,3)4/h6-12,26H,5,13H2,1-4H3,(H,27,28). The molecule has 0 aliphatic carbocycles. The summed E-state index contributed by atoms with van der Waals surface area (Å²) in [5.41, 5.74) is 0.213. The highest BCUT2D eigenvalue weighted by atomic mass is 35.5. The van der Waals surface area contributed by atoms with Crippen LogP contribution < -0.4 is 4.72 Å². The molecule has 0 radical (unpaired) electrons. The number of aliphatic carboxylic acids is 1. The molecule has 2 aromatic carbocycles. The molecule has 0 aliphatic heterocycles. The Morgan fingerprint density at radius 1 is 1.00 bits per heavy atom. The van der Waals surface area contributed by atoms with Crippen LogP contribution in [0.4, 0.5) is 0 Å². The molecule has 178 valence electrons. The van der Waals surface area contributed by atoms with Gasteiger partial charge in [-0.2, -0.15) is 0 Å². The third-order valence-electron chi connectivity index (χ3n) is 4.20. The summed E-state index contributed by atoms with van der Waals surface area (Å²) in [6.07, 6.45) is -0.621. The van der Waals surface area contributed by atoms with Gasteiger partial charge in [-0.3, -0.25) is 4.79 Å². The molecule has 2 rings (SSSR count). The molecular weight excluding hydrogens is 489 g/mol. The molecule has 0 fully saturated rings. The van der Waals surface area contributed by atoms with Crippen LogP contribution in [0.3, 0.4) is 0 Å². The Morgan fingerprint density at radius 2 is 1.55 bits per heavy atom. The highest BCUT2D eigenvalue weighted by Gasteiger charge is 2.25. The number of hydrogen-bond donors (Lipinski definition) is 2. The number of benzene rings is 2. The second-order valence-electron chi connectivity index (χ2n) is 8.18. The quantitative estimate of drug-likeness (QED) is 0.383. The normalized spacial score (nSPS) is 12.8. The van der Waals surface area contributed by atoms with Gasteiger partial charge in [0.25, 0.3) is 0 Å². The van der Waals surface area contributed by atoms with Gasteiger partial charge in [0.15, 0.2) is 0 Å². The zero-order chi connectivity index (χ0) is 25.0. The molecule has 10 heteroatoms. The van der Waals surface area contributed by atoms with E-state index in [9.17, 15) is 23.1 Å². The summed E-state index contributed by atoms with van der Waals surface area (Å²) >= 11 is 12.3. The number of carboxylic acids is 1. The fourth-order valence-corrected chi connectivity index (χ4v) is 5.05. The maximum Gasteiger partial charge on any atom is 0.335 e. The monoisotopic (exact) mass is 513 g/mol. The van der Waals surface area contributed by atoms with Crippen LogP contribution in [0.5, 0.6) is 0 Å². The largest absolute Gasteiger partial charge is 0.481 e. The molecule has 0 aromatic heterocycles. The second kappa shape index (κ2) is 10.7. The SMILES string of the molecule is CCOC(=O)C(CC(=O)O)=C(c1ccc(S(=O)(=O)NC(C)(C)C)cc1)c1cc(Cl)cc(Cl)c1. The maximum absolute atomic E-state index is 12.7. The molecule has 2 aromatic rings. The minimum Gasteiger partial charge on any atom is -0.481 e. The van der Waals surface area contributed by atoms with Gasteiger partial charge in [-0.25, -0.2) is 17.9 Å². The Hall–Kier alpha value is -2.39. The van der Waals surface area contributed by atoms with Crippen molar-refractivity contribution in [3.63, 3.8) is 0 Å². The summed E-state index contributed by atoms with van der Waals surface area (Å²) in [4.78, 5) is 24.3. The third kappa shape index (κ3) is 7.57. The smallest absolute Gasteiger partial charge is 0.335 e. The lowest BCUT2D eigenvalue weighted by Gasteiger charge is -2.20. The van der Waals surface area contributed by atoms with E-state index in [1.807, 2.05) is 0 Å². The molecule has 0 aliphatic rings. The van der Waals surface area contributed by atoms with Crippen LogP contribution in [0.25, 0.3) is 5.57 Å². The summed E-state index contributed by atoms with van der Waals surface area (Å²) in [5, 5.41) is 9.99. The first-order valence-corrected chi connectivity index (χ1v) is 12.2. The molecule has 0 bridgehead atoms. The molecule has 0 amide bonds. The van der Waals surface area contributed by atoms with Gasteiger partial charge in [-0.05, 0) is 69.2 Å². The van der Waals surface area contributed by atoms with Crippen LogP contribution in [0.15, 0.2) is 52.9 Å². The number of carboxylic acid groups (broad SMARTS) is 1. The van der Waals surface area contributed by atoms with E-state index >= 15 is 0 Å². The van der Waals surface area contributed by atoms with E-state index in [4.69, 9.17) is 27.9 Å². The summed E-state index contributed by atoms with van der Waals surface area (Å²) < 4.78 is 33.0. The number of sulfonamides is 1. The van der Waals surface area contributed by atoms with E-state index in [-0.39, 0.29) is 32.7 Å². The molecule has 0 saturated carbocycles. The van der Waals surface area contributed by atoms with Crippen LogP contribution >= 0.6 is 23.2 Å². The maximum atomic E-state index is 12.7. The molecule has 0 atom stereocenters. The lowest BCUT2D eigenvalue weighted by Crippen LogP contribution is -2.40. The molecule has 0 spiro atoms. The van der Waals surface area contributed by atoms with Crippen LogP contribution in [0, 0.1) is 0 Å². The average molecular weight is 514 g/mol. The van der Waals surface area contributed by atoms with Crippen LogP contribution in [-0.2, 0) is 24.3 Å². The molecular formula is C23H25Cl2NO6S. The number of rotatable bonds is 8. The fraction of sp³-hybridized carbons (Fsp3) is 0.304. The molecule has 33 heavy (non-hydrogen) atoms. The summed E-state index contributed by atoms with van der Waals surface area (Å²) in [5.74, 6) is -2.05. The van der Waals surface area contributed by atoms with E-state index < -0.39 is 33.9 Å². The zero-order valence-corrected chi connectivity index (χ0v) is 20.9. The van der Waals surface area contributed by atoms with Gasteiger partial charge in [0.05, 0.1) is 23.5 Å². The minimum absolute atomic E-state index is 0.0144. The number of hydrogen-bond acceptors (Lipinski definition) is 5. The number of ether oxygens (including phenoxy) is 1. The Morgan fingerprint density at radius 3 is 2.00 bits per heavy atom. The number of carbonyl (C=O) groups is 2. The number of halogens is 2. The van der Waals surface area contributed by atoms with Crippen LogP contribution in [0.2, 0.25) is 10.0 Å². The Bertz CT molecular complexity index is 1160. The highest BCUT2D eigenvalue weighted by molar-refractivity contribution is 7.89. The Balaban J connectivity index is 2.75. The van der Waals surface area contributed by atoms with Gasteiger partial charge in [0.2, 0.25) is 10.0 Å². The van der Waals surface area contributed by atoms with E-state index in [0.29, 0.717) is 11.1 Å². The molecule has 2 N–H and O–H groups in total. The van der Waals surface area contributed by atoms with Crippen molar-refractivity contribution in [3.05, 3.63) is 69.2 Å². The Labute approximate surface area is 203 Å². The second-order valence-corrected chi connectivity index (χ2v) is 10.7. The minimum atomic E-state index is -3.80. The van der Waals surface area contributed by atoms with Gasteiger partial charge in [0.1, 0.15) is 0 Å². The van der Waals surface area contributed by atoms with Gasteiger partial charge in [-0.15, -0.1) is 0 Å². The van der Waals surface area contributed by atoms with E-state index in [1.165, 1.54) is 42.5 Å². The van der Waals surface area contributed by atoms with Crippen molar-refractivity contribution >= 4 is 50.7 Å². The molecule has 0 saturated heterocycles. The van der Waals surface area contributed by atoms with E-state index in [0.717, 1.165) is 0 Å². The summed E-state index contributed by atoms with van der Waals surface area (Å²) in [7, 11) is -3.80.